The summed E-state index contributed by atoms with van der Waals surface area (Å²) in [4.78, 5) is 0. The first-order valence-electron chi connectivity index (χ1n) is 3.70. The van der Waals surface area contributed by atoms with Crippen molar-refractivity contribution >= 4 is 25.3 Å². The fourth-order valence-electron chi connectivity index (χ4n) is 0.974. The molecule has 0 N–H and O–H groups in total. The van der Waals surface area contributed by atoms with Crippen molar-refractivity contribution in [3.63, 3.8) is 0 Å². The Bertz CT molecular complexity index is 342. The number of rotatable bonds is 1. The molecule has 0 saturated heterocycles. The van der Waals surface area contributed by atoms with E-state index in [9.17, 15) is 13.2 Å². The topological polar surface area (TPSA) is 0 Å². The van der Waals surface area contributed by atoms with E-state index in [0.717, 1.165) is 6.08 Å². The van der Waals surface area contributed by atoms with Gasteiger partial charge in [-0.2, -0.15) is 38.4 Å². The van der Waals surface area contributed by atoms with Gasteiger partial charge in [0.1, 0.15) is 0 Å². The molecule has 0 aliphatic heterocycles. The van der Waals surface area contributed by atoms with Gasteiger partial charge in [-0.25, -0.2) is 0 Å². The molecule has 0 aromatic rings. The van der Waals surface area contributed by atoms with Gasteiger partial charge in [-0.15, -0.1) is 5.73 Å². The van der Waals surface area contributed by atoms with Gasteiger partial charge in [0, 0.05) is 5.57 Å². The van der Waals surface area contributed by atoms with Crippen LogP contribution in [0.2, 0.25) is 0 Å². The number of hydrogen-bond donors (Lipinski definition) is 2. The van der Waals surface area contributed by atoms with Crippen molar-refractivity contribution < 1.29 is 13.2 Å². The Balaban J connectivity index is 3.20. The Morgan fingerprint density at radius 1 is 1.21 bits per heavy atom. The molecule has 0 bridgehead atoms. The van der Waals surface area contributed by atoms with Crippen molar-refractivity contribution in [2.24, 2.45) is 0 Å². The molecule has 0 amide bonds. The van der Waals surface area contributed by atoms with Gasteiger partial charge in [-0.1, -0.05) is 12.2 Å². The fraction of sp³-hybridized carbons (Fsp3) is 0.222. The quantitative estimate of drug-likeness (QED) is 0.389. The third kappa shape index (κ3) is 2.74. The summed E-state index contributed by atoms with van der Waals surface area (Å²) < 4.78 is 36.7. The van der Waals surface area contributed by atoms with Crippen LogP contribution in [0, 0.1) is 0 Å². The molecule has 0 unspecified atom stereocenters. The van der Waals surface area contributed by atoms with E-state index in [1.54, 1.807) is 0 Å². The summed E-state index contributed by atoms with van der Waals surface area (Å²) in [6.07, 6.45) is 0.791. The molecule has 0 spiro atoms. The van der Waals surface area contributed by atoms with E-state index in [4.69, 9.17) is 0 Å². The maximum Gasteiger partial charge on any atom is 0.417 e. The third-order valence-corrected chi connectivity index (χ3v) is 2.08. The van der Waals surface area contributed by atoms with Gasteiger partial charge in [-0.3, -0.25) is 0 Å². The van der Waals surface area contributed by atoms with Gasteiger partial charge in [0.2, 0.25) is 0 Å². The zero-order valence-corrected chi connectivity index (χ0v) is 8.70. The molecule has 0 atom stereocenters. The molecule has 0 fully saturated rings. The number of allylic oxidation sites excluding steroid dienone is 4. The summed E-state index contributed by atoms with van der Waals surface area (Å²) in [7, 11) is 0. The second-order valence-electron chi connectivity index (χ2n) is 2.56. The normalized spacial score (nSPS) is 16.7. The highest BCUT2D eigenvalue weighted by atomic mass is 32.2. The molecule has 5 heteroatoms. The predicted molar refractivity (Wildman–Crippen MR) is 56.6 cm³/mol. The maximum absolute atomic E-state index is 12.5. The first kappa shape index (κ1) is 11.6. The van der Waals surface area contributed by atoms with Gasteiger partial charge >= 0.3 is 6.18 Å². The van der Waals surface area contributed by atoms with Crippen molar-refractivity contribution in [3.8, 4) is 0 Å². The molecule has 0 aromatic heterocycles. The van der Waals surface area contributed by atoms with Gasteiger partial charge in [0.15, 0.2) is 0 Å². The Morgan fingerprint density at radius 2 is 1.86 bits per heavy atom. The van der Waals surface area contributed by atoms with Gasteiger partial charge in [-0.05, 0) is 12.2 Å². The molecule has 1 aliphatic rings. The lowest BCUT2D eigenvalue weighted by Gasteiger charge is -2.14. The molecule has 1 rings (SSSR count). The lowest BCUT2D eigenvalue weighted by Crippen LogP contribution is -2.16. The zero-order valence-electron chi connectivity index (χ0n) is 6.92. The van der Waals surface area contributed by atoms with E-state index in [-0.39, 0.29) is 5.57 Å². The molecule has 14 heavy (non-hydrogen) atoms. The van der Waals surface area contributed by atoms with Crippen LogP contribution in [0.3, 0.4) is 0 Å². The van der Waals surface area contributed by atoms with Crippen molar-refractivity contribution in [1.82, 2.24) is 0 Å². The van der Waals surface area contributed by atoms with Crippen molar-refractivity contribution in [3.05, 3.63) is 41.2 Å². The van der Waals surface area contributed by atoms with Crippen LogP contribution in [0.25, 0.3) is 0 Å². The van der Waals surface area contributed by atoms with Gasteiger partial charge < -0.3 is 0 Å². The highest BCUT2D eigenvalue weighted by molar-refractivity contribution is 7.99. The summed E-state index contributed by atoms with van der Waals surface area (Å²) in [6, 6.07) is 0. The molecule has 76 valence electrons. The summed E-state index contributed by atoms with van der Waals surface area (Å²) in [5.74, 6) is 0. The molecule has 0 heterocycles. The van der Waals surface area contributed by atoms with Crippen LogP contribution in [0.15, 0.2) is 41.2 Å². The Labute approximate surface area is 90.7 Å². The SMILES string of the molecule is FC(F)(F)C1=CC=CC=C=C1C(S)S. The minimum Gasteiger partial charge on any atom is -0.166 e. The third-order valence-electron chi connectivity index (χ3n) is 1.56. The minimum absolute atomic E-state index is 0.0610. The van der Waals surface area contributed by atoms with Crippen LogP contribution in [0.4, 0.5) is 13.2 Å². The van der Waals surface area contributed by atoms with Crippen LogP contribution in [0.5, 0.6) is 0 Å². The number of halogens is 3. The van der Waals surface area contributed by atoms with E-state index in [1.165, 1.54) is 18.2 Å². The molecule has 0 radical (unpaired) electrons. The predicted octanol–water partition coefficient (Wildman–Crippen LogP) is 3.31. The summed E-state index contributed by atoms with van der Waals surface area (Å²) >= 11 is 7.71. The molecular weight excluding hydrogens is 229 g/mol. The van der Waals surface area contributed by atoms with Gasteiger partial charge in [0.05, 0.1) is 10.2 Å². The van der Waals surface area contributed by atoms with E-state index in [0.29, 0.717) is 0 Å². The Hall–Kier alpha value is -0.510. The first-order valence-corrected chi connectivity index (χ1v) is 4.73. The summed E-state index contributed by atoms with van der Waals surface area (Å²) in [5.41, 5.74) is 1.69. The molecule has 0 nitrogen and oxygen atoms in total. The smallest absolute Gasteiger partial charge is 0.166 e. The number of thiol groups is 2. The van der Waals surface area contributed by atoms with E-state index in [2.05, 4.69) is 31.0 Å². The monoisotopic (exact) mass is 236 g/mol. The number of alkyl halides is 3. The van der Waals surface area contributed by atoms with Crippen molar-refractivity contribution in [2.75, 3.05) is 0 Å². The fourth-order valence-corrected chi connectivity index (χ4v) is 1.40. The maximum atomic E-state index is 12.5. The minimum atomic E-state index is -4.39. The lowest BCUT2D eigenvalue weighted by molar-refractivity contribution is -0.0892. The first-order chi connectivity index (χ1) is 6.43. The average Bonchev–Trinajstić information content (AvgIpc) is 2.26. The molecular formula is C9H7F3S2. The highest BCUT2D eigenvalue weighted by Crippen LogP contribution is 2.35. The molecule has 0 saturated carbocycles. The highest BCUT2D eigenvalue weighted by Gasteiger charge is 2.36. The Kier molecular flexibility index (Phi) is 3.59. The zero-order chi connectivity index (χ0) is 10.8. The van der Waals surface area contributed by atoms with Crippen LogP contribution < -0.4 is 0 Å². The van der Waals surface area contributed by atoms with Crippen LogP contribution in [-0.4, -0.2) is 10.8 Å². The van der Waals surface area contributed by atoms with Crippen molar-refractivity contribution in [1.29, 1.82) is 0 Å². The standard InChI is InChI=1S/C9H7F3S2/c10-9(11,12)7-5-3-1-2-4-6(7)8(13)14/h1-3,5,8,13-14H. The van der Waals surface area contributed by atoms with Crippen molar-refractivity contribution in [2.45, 2.75) is 10.8 Å². The van der Waals surface area contributed by atoms with Crippen LogP contribution in [0.1, 0.15) is 0 Å². The van der Waals surface area contributed by atoms with E-state index in [1.807, 2.05) is 0 Å². The molecule has 0 aromatic carbocycles. The largest absolute Gasteiger partial charge is 0.417 e. The van der Waals surface area contributed by atoms with E-state index < -0.39 is 16.3 Å². The lowest BCUT2D eigenvalue weighted by atomic mass is 10.1. The second kappa shape index (κ2) is 4.34. The molecule has 1 aliphatic carbocycles. The Morgan fingerprint density at radius 3 is 2.36 bits per heavy atom. The average molecular weight is 236 g/mol. The second-order valence-corrected chi connectivity index (χ2v) is 4.00. The van der Waals surface area contributed by atoms with E-state index >= 15 is 0 Å². The summed E-state index contributed by atoms with van der Waals surface area (Å²) in [6.45, 7) is 0. The number of hydrogen-bond acceptors (Lipinski definition) is 2. The van der Waals surface area contributed by atoms with Gasteiger partial charge in [0.25, 0.3) is 0 Å². The van der Waals surface area contributed by atoms with Crippen LogP contribution >= 0.6 is 25.3 Å². The summed E-state index contributed by atoms with van der Waals surface area (Å²) in [5, 5.41) is 0. The van der Waals surface area contributed by atoms with Crippen LogP contribution in [-0.2, 0) is 0 Å².